The quantitative estimate of drug-likeness (QED) is 0.459. The highest BCUT2D eigenvalue weighted by molar-refractivity contribution is 5.23. The Morgan fingerprint density at radius 3 is 2.34 bits per heavy atom. The van der Waals surface area contributed by atoms with Gasteiger partial charge >= 0.3 is 0 Å². The second kappa shape index (κ2) is 8.66. The fourth-order valence-corrected chi connectivity index (χ4v) is 9.57. The summed E-state index contributed by atoms with van der Waals surface area (Å²) >= 11 is 0. The molecule has 0 radical (unpaired) electrons. The van der Waals surface area contributed by atoms with Crippen molar-refractivity contribution in [3.8, 4) is 0 Å². The van der Waals surface area contributed by atoms with Gasteiger partial charge in [-0.25, -0.2) is 0 Å². The van der Waals surface area contributed by atoms with Gasteiger partial charge in [-0.3, -0.25) is 0 Å². The first-order valence-corrected chi connectivity index (χ1v) is 13.8. The molecule has 4 fully saturated rings. The summed E-state index contributed by atoms with van der Waals surface area (Å²) in [5.41, 5.74) is 3.81. The Bertz CT molecular complexity index is 885. The first kappa shape index (κ1) is 21.0. The van der Waals surface area contributed by atoms with E-state index in [9.17, 15) is 0 Å². The molecule has 2 unspecified atom stereocenters. The zero-order valence-electron chi connectivity index (χ0n) is 20.1. The monoisotopic (exact) mass is 426 g/mol. The Labute approximate surface area is 196 Å². The maximum Gasteiger partial charge on any atom is -0.0128 e. The van der Waals surface area contributed by atoms with Crippen LogP contribution < -0.4 is 0 Å². The molecule has 0 spiro atoms. The minimum Gasteiger partial charge on any atom is -0.0622 e. The summed E-state index contributed by atoms with van der Waals surface area (Å²) < 4.78 is 0. The lowest BCUT2D eigenvalue weighted by Crippen LogP contribution is -2.49. The molecule has 2 aromatic carbocycles. The van der Waals surface area contributed by atoms with Crippen molar-refractivity contribution >= 4 is 0 Å². The van der Waals surface area contributed by atoms with E-state index in [-0.39, 0.29) is 0 Å². The van der Waals surface area contributed by atoms with Gasteiger partial charge in [-0.1, -0.05) is 80.4 Å². The number of fused-ring (bicyclic) bond motifs is 5. The van der Waals surface area contributed by atoms with Gasteiger partial charge in [0.2, 0.25) is 0 Å². The average Bonchev–Trinajstić information content (AvgIpc) is 3.19. The Morgan fingerprint density at radius 1 is 0.750 bits per heavy atom. The minimum absolute atomic E-state index is 0.611. The molecule has 0 bridgehead atoms. The maximum absolute atomic E-state index is 2.72. The van der Waals surface area contributed by atoms with E-state index in [2.05, 4.69) is 67.6 Å². The molecule has 6 rings (SSSR count). The van der Waals surface area contributed by atoms with Crippen LogP contribution >= 0.6 is 0 Å². The largest absolute Gasteiger partial charge is 0.0622 e. The van der Waals surface area contributed by atoms with Crippen LogP contribution in [0, 0.1) is 40.9 Å². The molecular formula is C32H42. The molecule has 0 N–H and O–H groups in total. The number of benzene rings is 2. The third-order valence-electron chi connectivity index (χ3n) is 11.0. The van der Waals surface area contributed by atoms with Gasteiger partial charge < -0.3 is 0 Å². The second-order valence-corrected chi connectivity index (χ2v) is 12.1. The Hall–Kier alpha value is -1.56. The zero-order valence-corrected chi connectivity index (χ0v) is 20.1. The highest BCUT2D eigenvalue weighted by Gasteiger charge is 2.57. The van der Waals surface area contributed by atoms with Crippen molar-refractivity contribution < 1.29 is 0 Å². The summed E-state index contributed by atoms with van der Waals surface area (Å²) in [6, 6.07) is 22.9. The summed E-state index contributed by atoms with van der Waals surface area (Å²) in [5.74, 6) is 6.78. The van der Waals surface area contributed by atoms with Crippen LogP contribution in [0.5, 0.6) is 0 Å². The molecule has 0 aliphatic heterocycles. The summed E-state index contributed by atoms with van der Waals surface area (Å²) in [7, 11) is 0. The molecule has 0 heteroatoms. The molecule has 0 nitrogen and oxygen atoms in total. The lowest BCUT2D eigenvalue weighted by Gasteiger charge is -2.57. The lowest BCUT2D eigenvalue weighted by atomic mass is 9.47. The zero-order chi connectivity index (χ0) is 21.5. The van der Waals surface area contributed by atoms with Crippen LogP contribution in [0.3, 0.4) is 0 Å². The van der Waals surface area contributed by atoms with Crippen molar-refractivity contribution in [2.24, 2.45) is 40.9 Å². The normalized spacial score (nSPS) is 40.8. The van der Waals surface area contributed by atoms with Gasteiger partial charge in [-0.2, -0.15) is 0 Å². The van der Waals surface area contributed by atoms with Crippen LogP contribution in [0.2, 0.25) is 0 Å². The lowest BCUT2D eigenvalue weighted by molar-refractivity contribution is -0.0695. The van der Waals surface area contributed by atoms with E-state index in [1.54, 1.807) is 17.5 Å². The number of aryl methyl sites for hydroxylation is 1. The SMILES string of the molecule is C[C@]12CC[C@@H]3[C@@H]4C(CCCC4c4ccccc4)CC[C@H]3[C@@H]1CC[C@@H]2CCc1ccccc1. The Balaban J connectivity index is 1.21. The summed E-state index contributed by atoms with van der Waals surface area (Å²) in [4.78, 5) is 0. The molecule has 4 aliphatic carbocycles. The molecule has 0 aromatic heterocycles. The minimum atomic E-state index is 0.611. The van der Waals surface area contributed by atoms with Gasteiger partial charge in [0, 0.05) is 0 Å². The molecule has 4 aliphatic rings. The second-order valence-electron chi connectivity index (χ2n) is 12.1. The summed E-state index contributed by atoms with van der Waals surface area (Å²) in [6.07, 6.45) is 16.2. The first-order chi connectivity index (χ1) is 15.7. The third-order valence-corrected chi connectivity index (χ3v) is 11.0. The molecule has 0 amide bonds. The highest BCUT2D eigenvalue weighted by Crippen LogP contribution is 2.66. The topological polar surface area (TPSA) is 0 Å². The Morgan fingerprint density at radius 2 is 1.53 bits per heavy atom. The average molecular weight is 427 g/mol. The number of hydrogen-bond acceptors (Lipinski definition) is 0. The van der Waals surface area contributed by atoms with E-state index in [1.807, 2.05) is 0 Å². The van der Waals surface area contributed by atoms with Crippen molar-refractivity contribution in [1.82, 2.24) is 0 Å². The van der Waals surface area contributed by atoms with Crippen LogP contribution in [0.15, 0.2) is 60.7 Å². The van der Waals surface area contributed by atoms with Crippen LogP contribution in [0.1, 0.15) is 88.2 Å². The van der Waals surface area contributed by atoms with E-state index >= 15 is 0 Å². The van der Waals surface area contributed by atoms with Crippen LogP contribution in [-0.4, -0.2) is 0 Å². The fourth-order valence-electron chi connectivity index (χ4n) is 9.57. The van der Waals surface area contributed by atoms with Gasteiger partial charge in [0.25, 0.3) is 0 Å². The predicted molar refractivity (Wildman–Crippen MR) is 135 cm³/mol. The summed E-state index contributed by atoms with van der Waals surface area (Å²) in [6.45, 7) is 2.72. The van der Waals surface area contributed by atoms with E-state index in [1.165, 1.54) is 64.2 Å². The third kappa shape index (κ3) is 3.57. The van der Waals surface area contributed by atoms with Crippen LogP contribution in [0.25, 0.3) is 0 Å². The molecule has 8 atom stereocenters. The maximum atomic E-state index is 2.72. The van der Waals surface area contributed by atoms with E-state index in [0.717, 1.165) is 41.4 Å². The van der Waals surface area contributed by atoms with Gasteiger partial charge in [0.15, 0.2) is 0 Å². The van der Waals surface area contributed by atoms with Crippen LogP contribution in [-0.2, 0) is 6.42 Å². The van der Waals surface area contributed by atoms with Gasteiger partial charge in [0.1, 0.15) is 0 Å². The molecular weight excluding hydrogens is 384 g/mol. The van der Waals surface area contributed by atoms with Gasteiger partial charge in [0.05, 0.1) is 0 Å². The van der Waals surface area contributed by atoms with Gasteiger partial charge in [-0.15, -0.1) is 0 Å². The van der Waals surface area contributed by atoms with E-state index in [0.29, 0.717) is 5.41 Å². The smallest absolute Gasteiger partial charge is 0.0128 e. The van der Waals surface area contributed by atoms with E-state index in [4.69, 9.17) is 0 Å². The van der Waals surface area contributed by atoms with Crippen molar-refractivity contribution in [1.29, 1.82) is 0 Å². The van der Waals surface area contributed by atoms with E-state index < -0.39 is 0 Å². The molecule has 0 saturated heterocycles. The van der Waals surface area contributed by atoms with Gasteiger partial charge in [-0.05, 0) is 116 Å². The van der Waals surface area contributed by atoms with Crippen molar-refractivity contribution in [3.63, 3.8) is 0 Å². The fraction of sp³-hybridized carbons (Fsp3) is 0.625. The molecule has 0 heterocycles. The first-order valence-electron chi connectivity index (χ1n) is 13.8. The molecule has 170 valence electrons. The molecule has 2 aromatic rings. The number of rotatable bonds is 4. The van der Waals surface area contributed by atoms with Crippen molar-refractivity contribution in [2.45, 2.75) is 83.5 Å². The highest BCUT2D eigenvalue weighted by atomic mass is 14.6. The standard InChI is InChI=1S/C32H42/c1-32-22-21-29-28(30(32)20-18-26(32)17-15-23-9-4-2-5-10-23)19-16-25-13-8-14-27(31(25)29)24-11-6-3-7-12-24/h2-7,9-12,25-31H,8,13-22H2,1H3/t25?,26-,27?,28+,29-,30-,31+,32+/m0/s1. The van der Waals surface area contributed by atoms with Crippen molar-refractivity contribution in [2.75, 3.05) is 0 Å². The Kier molecular flexibility index (Phi) is 5.68. The van der Waals surface area contributed by atoms with Crippen LogP contribution in [0.4, 0.5) is 0 Å². The summed E-state index contributed by atoms with van der Waals surface area (Å²) in [5, 5.41) is 0. The molecule has 32 heavy (non-hydrogen) atoms. The number of hydrogen-bond donors (Lipinski definition) is 0. The molecule has 4 saturated carbocycles. The predicted octanol–water partition coefficient (Wildman–Crippen LogP) is 8.67. The van der Waals surface area contributed by atoms with Crippen molar-refractivity contribution in [3.05, 3.63) is 71.8 Å².